The fraction of sp³-hybridized carbons (Fsp3) is 0.417. The third kappa shape index (κ3) is 3.15. The summed E-state index contributed by atoms with van der Waals surface area (Å²) in [6.45, 7) is 0. The molecule has 0 unspecified atom stereocenters. The number of aryl methyl sites for hydroxylation is 1. The van der Waals surface area contributed by atoms with Gasteiger partial charge in [-0.3, -0.25) is 4.79 Å². The van der Waals surface area contributed by atoms with Crippen LogP contribution < -0.4 is 9.47 Å². The number of hydrogen-bond donors (Lipinski definition) is 0. The van der Waals surface area contributed by atoms with E-state index in [1.54, 1.807) is 14.2 Å². The Morgan fingerprint density at radius 1 is 1.19 bits per heavy atom. The van der Waals surface area contributed by atoms with Crippen molar-refractivity contribution in [2.24, 2.45) is 0 Å². The van der Waals surface area contributed by atoms with Crippen molar-refractivity contribution >= 4 is 5.97 Å². The first-order valence-electron chi connectivity index (χ1n) is 4.99. The summed E-state index contributed by atoms with van der Waals surface area (Å²) in [6.07, 6.45) is 0.910. The second-order valence-electron chi connectivity index (χ2n) is 3.25. The third-order valence-corrected chi connectivity index (χ3v) is 2.31. The molecule has 0 saturated heterocycles. The first-order valence-corrected chi connectivity index (χ1v) is 4.99. The highest BCUT2D eigenvalue weighted by molar-refractivity contribution is 5.69. The van der Waals surface area contributed by atoms with Crippen LogP contribution in [0.5, 0.6) is 11.5 Å². The molecular formula is C12H16O4. The molecule has 88 valence electrons. The van der Waals surface area contributed by atoms with E-state index in [0.717, 1.165) is 17.1 Å². The molecule has 1 rings (SSSR count). The Bertz CT molecular complexity index is 360. The molecule has 4 heteroatoms. The lowest BCUT2D eigenvalue weighted by molar-refractivity contribution is -0.140. The third-order valence-electron chi connectivity index (χ3n) is 2.31. The molecule has 0 radical (unpaired) electrons. The molecule has 0 amide bonds. The maximum atomic E-state index is 11.0. The smallest absolute Gasteiger partial charge is 0.305 e. The zero-order valence-corrected chi connectivity index (χ0v) is 9.78. The molecule has 4 nitrogen and oxygen atoms in total. The maximum absolute atomic E-state index is 11.0. The molecule has 0 bridgehead atoms. The molecule has 1 aromatic rings. The van der Waals surface area contributed by atoms with Gasteiger partial charge < -0.3 is 14.2 Å². The molecule has 0 saturated carbocycles. The van der Waals surface area contributed by atoms with Crippen LogP contribution in [0.25, 0.3) is 0 Å². The van der Waals surface area contributed by atoms with Crippen molar-refractivity contribution in [3.05, 3.63) is 23.8 Å². The number of methoxy groups -OCH3 is 3. The van der Waals surface area contributed by atoms with Gasteiger partial charge in [-0.05, 0) is 30.2 Å². The summed E-state index contributed by atoms with van der Waals surface area (Å²) in [4.78, 5) is 11.0. The van der Waals surface area contributed by atoms with Gasteiger partial charge >= 0.3 is 5.97 Å². The Morgan fingerprint density at radius 3 is 2.50 bits per heavy atom. The van der Waals surface area contributed by atoms with Gasteiger partial charge in [-0.2, -0.15) is 0 Å². The number of esters is 1. The Balaban J connectivity index is 2.78. The molecule has 0 aliphatic heterocycles. The van der Waals surface area contributed by atoms with Gasteiger partial charge in [-0.1, -0.05) is 0 Å². The number of carbonyl (C=O) groups excluding carboxylic acids is 1. The number of rotatable bonds is 5. The molecule has 0 aromatic heterocycles. The molecule has 1 aromatic carbocycles. The standard InChI is InChI=1S/C12H16O4/c1-14-10-5-6-11(15-2)9(8-10)4-7-12(13)16-3/h5-6,8H,4,7H2,1-3H3. The SMILES string of the molecule is COC(=O)CCc1cc(OC)ccc1OC. The minimum absolute atomic E-state index is 0.232. The van der Waals surface area contributed by atoms with Crippen molar-refractivity contribution in [2.45, 2.75) is 12.8 Å². The summed E-state index contributed by atoms with van der Waals surface area (Å²) in [6, 6.07) is 5.51. The minimum Gasteiger partial charge on any atom is -0.497 e. The quantitative estimate of drug-likeness (QED) is 0.715. The highest BCUT2D eigenvalue weighted by Crippen LogP contribution is 2.25. The average molecular weight is 224 g/mol. The summed E-state index contributed by atoms with van der Waals surface area (Å²) in [5.74, 6) is 1.27. The molecule has 16 heavy (non-hydrogen) atoms. The average Bonchev–Trinajstić information content (AvgIpc) is 2.35. The number of ether oxygens (including phenoxy) is 3. The van der Waals surface area contributed by atoms with Gasteiger partial charge in [0.05, 0.1) is 21.3 Å². The van der Waals surface area contributed by atoms with Crippen LogP contribution in [-0.4, -0.2) is 27.3 Å². The fourth-order valence-electron chi connectivity index (χ4n) is 1.42. The normalized spacial score (nSPS) is 9.69. The van der Waals surface area contributed by atoms with Gasteiger partial charge in [0.15, 0.2) is 0 Å². The van der Waals surface area contributed by atoms with E-state index >= 15 is 0 Å². The number of carbonyl (C=O) groups is 1. The second kappa shape index (κ2) is 6.00. The van der Waals surface area contributed by atoms with Gasteiger partial charge in [0.25, 0.3) is 0 Å². The van der Waals surface area contributed by atoms with Crippen LogP contribution in [0.3, 0.4) is 0 Å². The summed E-state index contributed by atoms with van der Waals surface area (Å²) in [7, 11) is 4.58. The van der Waals surface area contributed by atoms with Crippen LogP contribution in [0, 0.1) is 0 Å². The summed E-state index contributed by atoms with van der Waals surface area (Å²) >= 11 is 0. The predicted octanol–water partition coefficient (Wildman–Crippen LogP) is 1.81. The van der Waals surface area contributed by atoms with Crippen LogP contribution in [0.2, 0.25) is 0 Å². The molecule has 0 heterocycles. The van der Waals surface area contributed by atoms with E-state index in [1.165, 1.54) is 7.11 Å². The topological polar surface area (TPSA) is 44.8 Å². The monoisotopic (exact) mass is 224 g/mol. The van der Waals surface area contributed by atoms with E-state index < -0.39 is 0 Å². The zero-order chi connectivity index (χ0) is 12.0. The maximum Gasteiger partial charge on any atom is 0.305 e. The second-order valence-corrected chi connectivity index (χ2v) is 3.25. The van der Waals surface area contributed by atoms with Crippen molar-refractivity contribution in [1.82, 2.24) is 0 Å². The Morgan fingerprint density at radius 2 is 1.94 bits per heavy atom. The summed E-state index contributed by atoms with van der Waals surface area (Å²) < 4.78 is 14.9. The number of benzene rings is 1. The van der Waals surface area contributed by atoms with E-state index in [9.17, 15) is 4.79 Å². The van der Waals surface area contributed by atoms with Gasteiger partial charge in [0.2, 0.25) is 0 Å². The van der Waals surface area contributed by atoms with Crippen molar-refractivity contribution < 1.29 is 19.0 Å². The minimum atomic E-state index is -0.232. The summed E-state index contributed by atoms with van der Waals surface area (Å²) in [5.41, 5.74) is 0.937. The lowest BCUT2D eigenvalue weighted by atomic mass is 10.1. The van der Waals surface area contributed by atoms with Crippen molar-refractivity contribution in [3.63, 3.8) is 0 Å². The summed E-state index contributed by atoms with van der Waals surface area (Å²) in [5, 5.41) is 0. The van der Waals surface area contributed by atoms with Crippen LogP contribution in [0.15, 0.2) is 18.2 Å². The van der Waals surface area contributed by atoms with E-state index in [4.69, 9.17) is 9.47 Å². The Hall–Kier alpha value is -1.71. The molecule has 0 spiro atoms. The largest absolute Gasteiger partial charge is 0.497 e. The number of hydrogen-bond acceptors (Lipinski definition) is 4. The molecule has 0 N–H and O–H groups in total. The van der Waals surface area contributed by atoms with E-state index in [1.807, 2.05) is 18.2 Å². The Labute approximate surface area is 95.1 Å². The highest BCUT2D eigenvalue weighted by Gasteiger charge is 2.08. The zero-order valence-electron chi connectivity index (χ0n) is 9.78. The lowest BCUT2D eigenvalue weighted by Gasteiger charge is -2.09. The van der Waals surface area contributed by atoms with Gasteiger partial charge in [0, 0.05) is 6.42 Å². The van der Waals surface area contributed by atoms with E-state index in [0.29, 0.717) is 12.8 Å². The van der Waals surface area contributed by atoms with Crippen molar-refractivity contribution in [1.29, 1.82) is 0 Å². The molecular weight excluding hydrogens is 208 g/mol. The van der Waals surface area contributed by atoms with Crippen molar-refractivity contribution in [2.75, 3.05) is 21.3 Å². The van der Waals surface area contributed by atoms with E-state index in [2.05, 4.69) is 4.74 Å². The lowest BCUT2D eigenvalue weighted by Crippen LogP contribution is -2.03. The highest BCUT2D eigenvalue weighted by atomic mass is 16.5. The fourth-order valence-corrected chi connectivity index (χ4v) is 1.42. The first kappa shape index (κ1) is 12.4. The molecule has 0 aliphatic rings. The van der Waals surface area contributed by atoms with Crippen LogP contribution in [0.4, 0.5) is 0 Å². The molecule has 0 atom stereocenters. The van der Waals surface area contributed by atoms with Crippen molar-refractivity contribution in [3.8, 4) is 11.5 Å². The van der Waals surface area contributed by atoms with Crippen LogP contribution in [0.1, 0.15) is 12.0 Å². The Kier molecular flexibility index (Phi) is 4.64. The van der Waals surface area contributed by atoms with Gasteiger partial charge in [-0.15, -0.1) is 0 Å². The molecule has 0 fully saturated rings. The van der Waals surface area contributed by atoms with Gasteiger partial charge in [-0.25, -0.2) is 0 Å². The molecule has 0 aliphatic carbocycles. The van der Waals surface area contributed by atoms with Crippen LogP contribution in [-0.2, 0) is 16.0 Å². The predicted molar refractivity (Wildman–Crippen MR) is 59.9 cm³/mol. The van der Waals surface area contributed by atoms with E-state index in [-0.39, 0.29) is 5.97 Å². The van der Waals surface area contributed by atoms with Gasteiger partial charge in [0.1, 0.15) is 11.5 Å². The first-order chi connectivity index (χ1) is 7.71. The van der Waals surface area contributed by atoms with Crippen LogP contribution >= 0.6 is 0 Å².